The summed E-state index contributed by atoms with van der Waals surface area (Å²) in [5, 5.41) is 0. The molecule has 1 atom stereocenters. The maximum Gasteiger partial charge on any atom is 0.141 e. The van der Waals surface area contributed by atoms with Gasteiger partial charge in [0.05, 0.1) is 9.80 Å². The van der Waals surface area contributed by atoms with Crippen LogP contribution in [0.4, 0.5) is 0 Å². The van der Waals surface area contributed by atoms with E-state index in [4.69, 9.17) is 4.74 Å². The van der Waals surface area contributed by atoms with E-state index in [0.29, 0.717) is 0 Å². The first-order valence-electron chi connectivity index (χ1n) is 5.62. The molecule has 1 aromatic rings. The van der Waals surface area contributed by atoms with Gasteiger partial charge in [0.1, 0.15) is 11.5 Å². The molecule has 1 heterocycles. The summed E-state index contributed by atoms with van der Waals surface area (Å²) < 4.78 is 6.20. The second kappa shape index (κ2) is 4.05. The average molecular weight is 356 g/mol. The molecule has 1 nitrogen and oxygen atoms in total. The highest BCUT2D eigenvalue weighted by Gasteiger charge is 2.28. The number of fused-ring (bicyclic) bond motifs is 2. The number of benzene rings is 1. The monoisotopic (exact) mass is 356 g/mol. The fourth-order valence-corrected chi connectivity index (χ4v) is 3.43. The van der Waals surface area contributed by atoms with Gasteiger partial charge in [0, 0.05) is 3.42 Å². The van der Waals surface area contributed by atoms with Crippen LogP contribution in [-0.2, 0) is 0 Å². The summed E-state index contributed by atoms with van der Waals surface area (Å²) in [6.45, 7) is 4.32. The number of halogens is 1. The molecule has 0 saturated carbocycles. The van der Waals surface area contributed by atoms with Gasteiger partial charge in [0.25, 0.3) is 0 Å². The minimum atomic E-state index is 0.179. The predicted molar refractivity (Wildman–Crippen MR) is 80.9 cm³/mol. The summed E-state index contributed by atoms with van der Waals surface area (Å²) in [6.07, 6.45) is 5.60. The fourth-order valence-electron chi connectivity index (χ4n) is 1.98. The van der Waals surface area contributed by atoms with Crippen LogP contribution < -0.4 is 4.74 Å². The minimum absolute atomic E-state index is 0.179. The van der Waals surface area contributed by atoms with E-state index in [0.717, 1.165) is 17.9 Å². The number of hydrogen-bond donors (Lipinski definition) is 0. The molecule has 0 unspecified atom stereocenters. The summed E-state index contributed by atoms with van der Waals surface area (Å²) >= 11 is 4.29. The van der Waals surface area contributed by atoms with Crippen LogP contribution in [0.15, 0.2) is 45.9 Å². The lowest BCUT2D eigenvalue weighted by molar-refractivity contribution is 0.419. The van der Waals surface area contributed by atoms with Gasteiger partial charge in [-0.2, -0.15) is 0 Å². The van der Waals surface area contributed by atoms with Crippen molar-refractivity contribution in [2.45, 2.75) is 28.6 Å². The first kappa shape index (κ1) is 11.7. The van der Waals surface area contributed by atoms with Crippen molar-refractivity contribution in [3.63, 3.8) is 0 Å². The number of thioether (sulfide) groups is 1. The van der Waals surface area contributed by atoms with Gasteiger partial charge in [0.15, 0.2) is 0 Å². The quantitative estimate of drug-likeness (QED) is 0.486. The third kappa shape index (κ3) is 2.27. The van der Waals surface area contributed by atoms with Crippen molar-refractivity contribution >= 4 is 34.4 Å². The minimum Gasteiger partial charge on any atom is -0.455 e. The lowest BCUT2D eigenvalue weighted by Gasteiger charge is -2.29. The Morgan fingerprint density at radius 3 is 3.06 bits per heavy atom. The Morgan fingerprint density at radius 2 is 2.24 bits per heavy atom. The van der Waals surface area contributed by atoms with Crippen molar-refractivity contribution in [3.8, 4) is 5.75 Å². The molecule has 3 rings (SSSR count). The van der Waals surface area contributed by atoms with E-state index in [1.165, 1.54) is 15.4 Å². The summed E-state index contributed by atoms with van der Waals surface area (Å²) in [7, 11) is 0. The second-order valence-electron chi connectivity index (χ2n) is 4.71. The molecule has 0 N–H and O–H groups in total. The van der Waals surface area contributed by atoms with Crippen LogP contribution in [0.2, 0.25) is 0 Å². The maximum absolute atomic E-state index is 6.02. The zero-order valence-electron chi connectivity index (χ0n) is 9.79. The molecule has 0 bridgehead atoms. The molecule has 1 aliphatic carbocycles. The molecule has 17 heavy (non-hydrogen) atoms. The van der Waals surface area contributed by atoms with Crippen LogP contribution in [0.25, 0.3) is 0 Å². The van der Waals surface area contributed by atoms with Gasteiger partial charge >= 0.3 is 0 Å². The molecular formula is C14H13IOS. The van der Waals surface area contributed by atoms with Crippen molar-refractivity contribution in [2.24, 2.45) is 0 Å². The molecule has 1 aliphatic heterocycles. The van der Waals surface area contributed by atoms with Crippen LogP contribution in [0.5, 0.6) is 5.75 Å². The van der Waals surface area contributed by atoms with Gasteiger partial charge in [-0.15, -0.1) is 0 Å². The fraction of sp³-hybridized carbons (Fsp3) is 0.286. The predicted octanol–water partition coefficient (Wildman–Crippen LogP) is 4.84. The molecule has 2 aliphatic rings. The van der Waals surface area contributed by atoms with Crippen molar-refractivity contribution in [1.29, 1.82) is 0 Å². The zero-order valence-corrected chi connectivity index (χ0v) is 12.8. The SMILES string of the molecule is Cc1ccc2c(c1)OC1=C[C@@](C)(I)CC=C1S2. The standard InChI is InChI=1S/C14H13IOS/c1-9-3-4-12-10(7-9)16-11-8-14(2,15)6-5-13(11)17-12/h3-5,7-8H,6H2,1-2H3/t14-/m0/s1. The smallest absolute Gasteiger partial charge is 0.141 e. The highest BCUT2D eigenvalue weighted by atomic mass is 127. The third-order valence-electron chi connectivity index (χ3n) is 2.90. The number of hydrogen-bond acceptors (Lipinski definition) is 2. The molecule has 0 amide bonds. The van der Waals surface area contributed by atoms with Crippen molar-refractivity contribution in [2.75, 3.05) is 0 Å². The zero-order chi connectivity index (χ0) is 12.0. The van der Waals surface area contributed by atoms with Crippen LogP contribution in [-0.4, -0.2) is 3.42 Å². The van der Waals surface area contributed by atoms with Gasteiger partial charge in [-0.3, -0.25) is 0 Å². The highest BCUT2D eigenvalue weighted by Crippen LogP contribution is 2.48. The van der Waals surface area contributed by atoms with Crippen LogP contribution >= 0.6 is 34.4 Å². The third-order valence-corrected chi connectivity index (χ3v) is 4.80. The molecule has 1 aromatic carbocycles. The van der Waals surface area contributed by atoms with Gasteiger partial charge in [-0.1, -0.05) is 46.5 Å². The van der Waals surface area contributed by atoms with E-state index in [-0.39, 0.29) is 3.42 Å². The van der Waals surface area contributed by atoms with E-state index in [1.54, 1.807) is 0 Å². The molecule has 0 aromatic heterocycles. The summed E-state index contributed by atoms with van der Waals surface area (Å²) in [5.74, 6) is 2.02. The summed E-state index contributed by atoms with van der Waals surface area (Å²) in [5.41, 5.74) is 1.24. The van der Waals surface area contributed by atoms with E-state index in [1.807, 2.05) is 11.8 Å². The van der Waals surface area contributed by atoms with Crippen molar-refractivity contribution < 1.29 is 4.74 Å². The Labute approximate surface area is 119 Å². The topological polar surface area (TPSA) is 9.23 Å². The first-order chi connectivity index (χ1) is 8.03. The van der Waals surface area contributed by atoms with Gasteiger partial charge in [-0.25, -0.2) is 0 Å². The van der Waals surface area contributed by atoms with Crippen molar-refractivity contribution in [3.05, 3.63) is 46.6 Å². The molecule has 0 radical (unpaired) electrons. The maximum atomic E-state index is 6.02. The van der Waals surface area contributed by atoms with Crippen molar-refractivity contribution in [1.82, 2.24) is 0 Å². The van der Waals surface area contributed by atoms with E-state index >= 15 is 0 Å². The molecule has 0 fully saturated rings. The number of alkyl halides is 1. The Balaban J connectivity index is 2.04. The summed E-state index contributed by atoms with van der Waals surface area (Å²) in [6, 6.07) is 6.39. The van der Waals surface area contributed by atoms with E-state index in [9.17, 15) is 0 Å². The number of rotatable bonds is 0. The number of aryl methyl sites for hydroxylation is 1. The van der Waals surface area contributed by atoms with Crippen LogP contribution in [0, 0.1) is 6.92 Å². The average Bonchev–Trinajstić information content (AvgIpc) is 2.25. The Kier molecular flexibility index (Phi) is 2.78. The number of ether oxygens (including phenoxy) is 1. The van der Waals surface area contributed by atoms with E-state index in [2.05, 4.69) is 66.8 Å². The summed E-state index contributed by atoms with van der Waals surface area (Å²) in [4.78, 5) is 2.48. The number of allylic oxidation sites excluding steroid dienone is 2. The second-order valence-corrected chi connectivity index (χ2v) is 8.26. The van der Waals surface area contributed by atoms with Crippen LogP contribution in [0.3, 0.4) is 0 Å². The Bertz CT molecular complexity index is 543. The highest BCUT2D eigenvalue weighted by molar-refractivity contribution is 14.1. The van der Waals surface area contributed by atoms with Gasteiger partial charge < -0.3 is 4.74 Å². The molecule has 0 saturated heterocycles. The largest absolute Gasteiger partial charge is 0.455 e. The lowest BCUT2D eigenvalue weighted by atomic mass is 10.0. The molecule has 3 heteroatoms. The molecule has 0 spiro atoms. The Morgan fingerprint density at radius 1 is 1.41 bits per heavy atom. The molecule has 88 valence electrons. The van der Waals surface area contributed by atoms with Crippen LogP contribution in [0.1, 0.15) is 18.9 Å². The lowest BCUT2D eigenvalue weighted by Crippen LogP contribution is -2.19. The van der Waals surface area contributed by atoms with E-state index < -0.39 is 0 Å². The van der Waals surface area contributed by atoms with Gasteiger partial charge in [-0.05, 0) is 44.0 Å². The van der Waals surface area contributed by atoms with Gasteiger partial charge in [0.2, 0.25) is 0 Å². The normalized spacial score (nSPS) is 26.3. The molecular weight excluding hydrogens is 343 g/mol. The first-order valence-corrected chi connectivity index (χ1v) is 7.52. The Hall–Kier alpha value is -0.420.